The minimum Gasteiger partial charge on any atom is -0.299 e. The highest BCUT2D eigenvalue weighted by atomic mass is 32.2. The number of thioether (sulfide) groups is 1. The SMILES string of the molecule is CCCSc1nnc(NC(=O)C(CC)N(c2cc(C)cc(C)c2)S(C)(=O)=O)s1. The van der Waals surface area contributed by atoms with Crippen LogP contribution in [0.4, 0.5) is 10.8 Å². The number of amides is 1. The van der Waals surface area contributed by atoms with E-state index in [0.717, 1.165) is 33.9 Å². The molecule has 0 radical (unpaired) electrons. The molecule has 1 aromatic heterocycles. The highest BCUT2D eigenvalue weighted by molar-refractivity contribution is 8.01. The van der Waals surface area contributed by atoms with Crippen molar-refractivity contribution in [2.24, 2.45) is 0 Å². The topological polar surface area (TPSA) is 92.3 Å². The molecule has 2 rings (SSSR count). The van der Waals surface area contributed by atoms with Gasteiger partial charge in [-0.2, -0.15) is 0 Å². The molecule has 154 valence electrons. The average Bonchev–Trinajstić information content (AvgIpc) is 3.02. The van der Waals surface area contributed by atoms with Crippen LogP contribution in [-0.2, 0) is 14.8 Å². The fourth-order valence-corrected chi connectivity index (χ4v) is 5.71. The number of anilines is 2. The van der Waals surface area contributed by atoms with Crippen LogP contribution in [-0.4, -0.2) is 42.6 Å². The van der Waals surface area contributed by atoms with Gasteiger partial charge < -0.3 is 0 Å². The van der Waals surface area contributed by atoms with Gasteiger partial charge in [-0.25, -0.2) is 8.42 Å². The van der Waals surface area contributed by atoms with Gasteiger partial charge in [-0.15, -0.1) is 10.2 Å². The van der Waals surface area contributed by atoms with E-state index in [9.17, 15) is 13.2 Å². The third kappa shape index (κ3) is 5.92. The van der Waals surface area contributed by atoms with Gasteiger partial charge in [0.05, 0.1) is 11.9 Å². The second kappa shape index (κ2) is 9.71. The smallest absolute Gasteiger partial charge is 0.250 e. The van der Waals surface area contributed by atoms with E-state index in [-0.39, 0.29) is 0 Å². The molecular formula is C18H26N4O3S3. The second-order valence-electron chi connectivity index (χ2n) is 6.54. The zero-order chi connectivity index (χ0) is 20.9. The van der Waals surface area contributed by atoms with E-state index in [1.165, 1.54) is 15.6 Å². The van der Waals surface area contributed by atoms with Crippen molar-refractivity contribution in [1.29, 1.82) is 0 Å². The summed E-state index contributed by atoms with van der Waals surface area (Å²) in [6.07, 6.45) is 2.45. The minimum absolute atomic E-state index is 0.322. The fraction of sp³-hybridized carbons (Fsp3) is 0.500. The zero-order valence-corrected chi connectivity index (χ0v) is 19.2. The quantitative estimate of drug-likeness (QED) is 0.468. The van der Waals surface area contributed by atoms with Crippen molar-refractivity contribution in [2.75, 3.05) is 21.6 Å². The summed E-state index contributed by atoms with van der Waals surface area (Å²) >= 11 is 2.87. The molecule has 0 bridgehead atoms. The van der Waals surface area contributed by atoms with Crippen molar-refractivity contribution in [3.05, 3.63) is 29.3 Å². The molecule has 0 fully saturated rings. The van der Waals surface area contributed by atoms with E-state index in [1.807, 2.05) is 19.9 Å². The maximum absolute atomic E-state index is 12.9. The van der Waals surface area contributed by atoms with E-state index in [4.69, 9.17) is 0 Å². The van der Waals surface area contributed by atoms with Crippen molar-refractivity contribution in [3.8, 4) is 0 Å². The highest BCUT2D eigenvalue weighted by Crippen LogP contribution is 2.28. The van der Waals surface area contributed by atoms with Crippen molar-refractivity contribution < 1.29 is 13.2 Å². The fourth-order valence-electron chi connectivity index (χ4n) is 2.83. The molecule has 1 unspecified atom stereocenters. The van der Waals surface area contributed by atoms with Crippen LogP contribution < -0.4 is 9.62 Å². The number of nitrogens with one attached hydrogen (secondary N) is 1. The Balaban J connectivity index is 2.30. The highest BCUT2D eigenvalue weighted by Gasteiger charge is 2.32. The second-order valence-corrected chi connectivity index (χ2v) is 10.7. The van der Waals surface area contributed by atoms with Gasteiger partial charge >= 0.3 is 0 Å². The van der Waals surface area contributed by atoms with Gasteiger partial charge in [-0.1, -0.05) is 43.0 Å². The number of carbonyl (C=O) groups is 1. The Bertz CT molecular complexity index is 908. The number of benzene rings is 1. The van der Waals surface area contributed by atoms with E-state index in [0.29, 0.717) is 17.2 Å². The van der Waals surface area contributed by atoms with Crippen LogP contribution in [0.5, 0.6) is 0 Å². The lowest BCUT2D eigenvalue weighted by atomic mass is 10.1. The van der Waals surface area contributed by atoms with Gasteiger partial charge in [-0.3, -0.25) is 14.4 Å². The molecule has 2 aromatic rings. The largest absolute Gasteiger partial charge is 0.299 e. The molecule has 7 nitrogen and oxygen atoms in total. The molecule has 1 amide bonds. The molecule has 0 saturated heterocycles. The predicted octanol–water partition coefficient (Wildman–Crippen LogP) is 3.84. The number of rotatable bonds is 9. The first-order chi connectivity index (χ1) is 13.2. The molecule has 0 aliphatic rings. The monoisotopic (exact) mass is 442 g/mol. The van der Waals surface area contributed by atoms with Crippen molar-refractivity contribution in [3.63, 3.8) is 0 Å². The Morgan fingerprint density at radius 3 is 2.39 bits per heavy atom. The lowest BCUT2D eigenvalue weighted by Crippen LogP contribution is -2.47. The number of aromatic nitrogens is 2. The van der Waals surface area contributed by atoms with Crippen molar-refractivity contribution in [2.45, 2.75) is 50.9 Å². The Labute approximate surface area is 175 Å². The standard InChI is InChI=1S/C18H26N4O3S3/c1-6-8-26-18-21-20-17(27-18)19-16(23)15(7-2)22(28(5,24)25)14-10-12(3)9-13(4)11-14/h9-11,15H,6-8H2,1-5H3,(H,19,20,23). The van der Waals surface area contributed by atoms with Crippen LogP contribution in [0.3, 0.4) is 0 Å². The van der Waals surface area contributed by atoms with Crippen LogP contribution in [0.2, 0.25) is 0 Å². The third-order valence-electron chi connectivity index (χ3n) is 3.86. The Morgan fingerprint density at radius 2 is 1.86 bits per heavy atom. The summed E-state index contributed by atoms with van der Waals surface area (Å²) in [4.78, 5) is 12.9. The molecule has 0 saturated carbocycles. The van der Waals surface area contributed by atoms with E-state index in [1.54, 1.807) is 30.8 Å². The summed E-state index contributed by atoms with van der Waals surface area (Å²) in [6, 6.07) is 4.62. The first-order valence-electron chi connectivity index (χ1n) is 9.00. The maximum Gasteiger partial charge on any atom is 0.250 e. The van der Waals surface area contributed by atoms with Crippen molar-refractivity contribution in [1.82, 2.24) is 10.2 Å². The Kier molecular flexibility index (Phi) is 7.85. The molecule has 10 heteroatoms. The summed E-state index contributed by atoms with van der Waals surface area (Å²) in [5, 5.41) is 11.1. The lowest BCUT2D eigenvalue weighted by molar-refractivity contribution is -0.117. The zero-order valence-electron chi connectivity index (χ0n) is 16.7. The molecule has 0 aliphatic carbocycles. The van der Waals surface area contributed by atoms with E-state index < -0.39 is 22.0 Å². The first-order valence-corrected chi connectivity index (χ1v) is 12.7. The predicted molar refractivity (Wildman–Crippen MR) is 117 cm³/mol. The van der Waals surface area contributed by atoms with Gasteiger partial charge in [0.1, 0.15) is 6.04 Å². The molecular weight excluding hydrogens is 416 g/mol. The molecule has 1 heterocycles. The number of carbonyl (C=O) groups excluding carboxylic acids is 1. The number of hydrogen-bond donors (Lipinski definition) is 1. The van der Waals surface area contributed by atoms with Crippen LogP contribution in [0.1, 0.15) is 37.8 Å². The molecule has 0 aliphatic heterocycles. The van der Waals surface area contributed by atoms with Crippen molar-refractivity contribution >= 4 is 49.8 Å². The average molecular weight is 443 g/mol. The van der Waals surface area contributed by atoms with Gasteiger partial charge in [0, 0.05) is 5.75 Å². The van der Waals surface area contributed by atoms with Crippen LogP contribution in [0.15, 0.2) is 22.5 Å². The van der Waals surface area contributed by atoms with Crippen LogP contribution in [0, 0.1) is 13.8 Å². The summed E-state index contributed by atoms with van der Waals surface area (Å²) in [5.74, 6) is 0.504. The van der Waals surface area contributed by atoms with Crippen LogP contribution in [0.25, 0.3) is 0 Å². The van der Waals surface area contributed by atoms with E-state index in [2.05, 4.69) is 22.4 Å². The van der Waals surface area contributed by atoms with Crippen LogP contribution >= 0.6 is 23.1 Å². The number of nitrogens with zero attached hydrogens (tertiary/aromatic N) is 3. The normalized spacial score (nSPS) is 12.6. The Morgan fingerprint density at radius 1 is 1.21 bits per heavy atom. The maximum atomic E-state index is 12.9. The molecule has 0 spiro atoms. The third-order valence-corrected chi connectivity index (χ3v) is 7.21. The molecule has 1 N–H and O–H groups in total. The number of aryl methyl sites for hydroxylation is 2. The van der Waals surface area contributed by atoms with Gasteiger partial charge in [0.15, 0.2) is 4.34 Å². The summed E-state index contributed by atoms with van der Waals surface area (Å²) in [7, 11) is -3.67. The van der Waals surface area contributed by atoms with Gasteiger partial charge in [0.25, 0.3) is 0 Å². The molecule has 28 heavy (non-hydrogen) atoms. The first kappa shape index (κ1) is 22.6. The number of sulfonamides is 1. The summed E-state index contributed by atoms with van der Waals surface area (Å²) < 4.78 is 27.1. The lowest BCUT2D eigenvalue weighted by Gasteiger charge is -2.30. The molecule has 1 aromatic carbocycles. The van der Waals surface area contributed by atoms with E-state index >= 15 is 0 Å². The van der Waals surface area contributed by atoms with Gasteiger partial charge in [0.2, 0.25) is 21.1 Å². The Hall–Kier alpha value is -1.65. The summed E-state index contributed by atoms with van der Waals surface area (Å²) in [6.45, 7) is 7.66. The minimum atomic E-state index is -3.67. The van der Waals surface area contributed by atoms with Gasteiger partial charge in [-0.05, 0) is 49.9 Å². The number of hydrogen-bond acceptors (Lipinski definition) is 7. The molecule has 1 atom stereocenters. The summed E-state index contributed by atoms with van der Waals surface area (Å²) in [5.41, 5.74) is 2.35.